The smallest absolute Gasteiger partial charge is 0.314 e. The first-order valence-corrected chi connectivity index (χ1v) is 6.94. The van der Waals surface area contributed by atoms with Crippen LogP contribution in [0.5, 0.6) is 11.5 Å². The Morgan fingerprint density at radius 2 is 2.18 bits per heavy atom. The Labute approximate surface area is 125 Å². The van der Waals surface area contributed by atoms with Crippen LogP contribution in [0, 0.1) is 0 Å². The van der Waals surface area contributed by atoms with Crippen LogP contribution in [0.2, 0.25) is 0 Å². The highest BCUT2D eigenvalue weighted by Gasteiger charge is 2.35. The summed E-state index contributed by atoms with van der Waals surface area (Å²) in [6.07, 6.45) is 0.451. The van der Waals surface area contributed by atoms with Crippen LogP contribution in [0.4, 0.5) is 5.95 Å². The minimum Gasteiger partial charge on any atom is -0.481 e. The standard InChI is InChI=1S/C14H14N4O4/c15-14-16-12-9(13(19)20)3-8(5-18(12)17-14)7-1-2-10-11(4-7)22-6-21-10/h1-2,4,8-9H,3,5-6H2,(H2,15,17)(H,19,20). The molecule has 22 heavy (non-hydrogen) atoms. The Balaban J connectivity index is 1.70. The van der Waals surface area contributed by atoms with Gasteiger partial charge in [-0.3, -0.25) is 4.79 Å². The summed E-state index contributed by atoms with van der Waals surface area (Å²) in [5, 5.41) is 13.5. The molecule has 0 radical (unpaired) electrons. The van der Waals surface area contributed by atoms with Crippen LogP contribution in [-0.4, -0.2) is 32.6 Å². The van der Waals surface area contributed by atoms with E-state index < -0.39 is 11.9 Å². The number of aliphatic carboxylic acids is 1. The van der Waals surface area contributed by atoms with Gasteiger partial charge in [-0.2, -0.15) is 4.98 Å². The normalized spacial score (nSPS) is 22.4. The summed E-state index contributed by atoms with van der Waals surface area (Å²) >= 11 is 0. The molecule has 2 unspecified atom stereocenters. The summed E-state index contributed by atoms with van der Waals surface area (Å²) in [7, 11) is 0. The lowest BCUT2D eigenvalue weighted by Crippen LogP contribution is -2.28. The molecule has 8 heteroatoms. The van der Waals surface area contributed by atoms with Gasteiger partial charge >= 0.3 is 5.97 Å². The fourth-order valence-electron chi connectivity index (χ4n) is 3.06. The van der Waals surface area contributed by atoms with E-state index in [1.165, 1.54) is 0 Å². The predicted octanol–water partition coefficient (Wildman–Crippen LogP) is 0.945. The Bertz CT molecular complexity index is 757. The summed E-state index contributed by atoms with van der Waals surface area (Å²) in [6.45, 7) is 0.758. The fourth-order valence-corrected chi connectivity index (χ4v) is 3.06. The zero-order valence-corrected chi connectivity index (χ0v) is 11.6. The van der Waals surface area contributed by atoms with Gasteiger partial charge < -0.3 is 20.3 Å². The number of rotatable bonds is 2. The van der Waals surface area contributed by atoms with Crippen LogP contribution in [0.1, 0.15) is 29.6 Å². The van der Waals surface area contributed by atoms with Crippen molar-refractivity contribution in [2.75, 3.05) is 12.5 Å². The molecule has 0 amide bonds. The number of carbonyl (C=O) groups is 1. The molecule has 0 bridgehead atoms. The predicted molar refractivity (Wildman–Crippen MR) is 74.7 cm³/mol. The van der Waals surface area contributed by atoms with E-state index in [1.807, 2.05) is 18.2 Å². The molecule has 0 saturated carbocycles. The molecule has 0 aliphatic carbocycles. The number of nitrogens with zero attached hydrogens (tertiary/aromatic N) is 3. The highest BCUT2D eigenvalue weighted by molar-refractivity contribution is 5.75. The Morgan fingerprint density at radius 3 is 3.00 bits per heavy atom. The van der Waals surface area contributed by atoms with Crippen LogP contribution < -0.4 is 15.2 Å². The zero-order chi connectivity index (χ0) is 15.3. The number of ether oxygens (including phenoxy) is 2. The molecule has 0 fully saturated rings. The van der Waals surface area contributed by atoms with E-state index in [-0.39, 0.29) is 18.7 Å². The number of anilines is 1. The lowest BCUT2D eigenvalue weighted by atomic mass is 9.85. The topological polar surface area (TPSA) is 112 Å². The second-order valence-corrected chi connectivity index (χ2v) is 5.45. The zero-order valence-electron chi connectivity index (χ0n) is 11.6. The molecular weight excluding hydrogens is 288 g/mol. The van der Waals surface area contributed by atoms with Crippen molar-refractivity contribution in [2.24, 2.45) is 0 Å². The summed E-state index contributed by atoms with van der Waals surface area (Å²) in [6, 6.07) is 5.68. The molecule has 2 atom stereocenters. The molecule has 8 nitrogen and oxygen atoms in total. The van der Waals surface area contributed by atoms with Crippen molar-refractivity contribution < 1.29 is 19.4 Å². The number of hydrogen-bond donors (Lipinski definition) is 2. The molecule has 2 aliphatic heterocycles. The molecular formula is C14H14N4O4. The fraction of sp³-hybridized carbons (Fsp3) is 0.357. The number of benzene rings is 1. The van der Waals surface area contributed by atoms with Gasteiger partial charge in [0.15, 0.2) is 11.5 Å². The van der Waals surface area contributed by atoms with Gasteiger partial charge in [0.2, 0.25) is 12.7 Å². The van der Waals surface area contributed by atoms with Gasteiger partial charge in [0.1, 0.15) is 11.7 Å². The maximum absolute atomic E-state index is 11.5. The first-order valence-electron chi connectivity index (χ1n) is 6.94. The van der Waals surface area contributed by atoms with Crippen molar-refractivity contribution in [3.8, 4) is 11.5 Å². The summed E-state index contributed by atoms with van der Waals surface area (Å²) in [5.41, 5.74) is 6.60. The molecule has 0 spiro atoms. The molecule has 2 aliphatic rings. The molecule has 0 saturated heterocycles. The first-order chi connectivity index (χ1) is 10.6. The van der Waals surface area contributed by atoms with Crippen LogP contribution in [0.15, 0.2) is 18.2 Å². The lowest BCUT2D eigenvalue weighted by molar-refractivity contribution is -0.139. The summed E-state index contributed by atoms with van der Waals surface area (Å²) in [5.74, 6) is 0.292. The monoisotopic (exact) mass is 302 g/mol. The SMILES string of the molecule is Nc1nc2n(n1)CC(c1ccc3c(c1)OCO3)CC2C(=O)O. The molecule has 1 aromatic carbocycles. The molecule has 3 N–H and O–H groups in total. The van der Waals surface area contributed by atoms with E-state index in [9.17, 15) is 9.90 Å². The van der Waals surface area contributed by atoms with Gasteiger partial charge in [-0.25, -0.2) is 4.68 Å². The number of nitrogens with two attached hydrogens (primary N) is 1. The van der Waals surface area contributed by atoms with E-state index >= 15 is 0 Å². The van der Waals surface area contributed by atoms with Gasteiger partial charge in [-0.05, 0) is 24.1 Å². The van der Waals surface area contributed by atoms with Crippen molar-refractivity contribution in [1.82, 2.24) is 14.8 Å². The third-order valence-electron chi connectivity index (χ3n) is 4.11. The van der Waals surface area contributed by atoms with Gasteiger partial charge in [0.25, 0.3) is 0 Å². The van der Waals surface area contributed by atoms with Crippen LogP contribution >= 0.6 is 0 Å². The van der Waals surface area contributed by atoms with E-state index in [0.29, 0.717) is 30.3 Å². The van der Waals surface area contributed by atoms with Gasteiger partial charge in [-0.15, -0.1) is 5.10 Å². The lowest BCUT2D eigenvalue weighted by Gasteiger charge is -2.27. The minimum atomic E-state index is -0.918. The highest BCUT2D eigenvalue weighted by atomic mass is 16.7. The van der Waals surface area contributed by atoms with Crippen molar-refractivity contribution in [3.05, 3.63) is 29.6 Å². The third kappa shape index (κ3) is 1.95. The van der Waals surface area contributed by atoms with Crippen molar-refractivity contribution >= 4 is 11.9 Å². The third-order valence-corrected chi connectivity index (χ3v) is 4.11. The number of carboxylic acids is 1. The second kappa shape index (κ2) is 4.62. The number of carboxylic acid groups (broad SMARTS) is 1. The van der Waals surface area contributed by atoms with Gasteiger partial charge in [0.05, 0.1) is 6.54 Å². The molecule has 3 heterocycles. The van der Waals surface area contributed by atoms with Crippen molar-refractivity contribution in [3.63, 3.8) is 0 Å². The van der Waals surface area contributed by atoms with Crippen molar-refractivity contribution in [1.29, 1.82) is 0 Å². The minimum absolute atomic E-state index is 0.00389. The van der Waals surface area contributed by atoms with Crippen molar-refractivity contribution in [2.45, 2.75) is 24.8 Å². The largest absolute Gasteiger partial charge is 0.481 e. The van der Waals surface area contributed by atoms with E-state index in [0.717, 1.165) is 5.56 Å². The number of fused-ring (bicyclic) bond motifs is 2. The number of hydrogen-bond acceptors (Lipinski definition) is 6. The average Bonchev–Trinajstić information content (AvgIpc) is 3.09. The van der Waals surface area contributed by atoms with Crippen LogP contribution in [-0.2, 0) is 11.3 Å². The van der Waals surface area contributed by atoms with E-state index in [4.69, 9.17) is 15.2 Å². The summed E-state index contributed by atoms with van der Waals surface area (Å²) in [4.78, 5) is 15.6. The Hall–Kier alpha value is -2.77. The first kappa shape index (κ1) is 12.9. The molecule has 1 aromatic heterocycles. The number of nitrogen functional groups attached to an aromatic ring is 1. The van der Waals surface area contributed by atoms with Crippen LogP contribution in [0.3, 0.4) is 0 Å². The van der Waals surface area contributed by atoms with Gasteiger partial charge in [-0.1, -0.05) is 6.07 Å². The highest BCUT2D eigenvalue weighted by Crippen LogP contribution is 2.40. The molecule has 2 aromatic rings. The maximum atomic E-state index is 11.5. The maximum Gasteiger partial charge on any atom is 0.314 e. The summed E-state index contributed by atoms with van der Waals surface area (Å²) < 4.78 is 12.3. The average molecular weight is 302 g/mol. The van der Waals surface area contributed by atoms with Crippen LogP contribution in [0.25, 0.3) is 0 Å². The number of aromatic nitrogens is 3. The Kier molecular flexibility index (Phi) is 2.72. The quantitative estimate of drug-likeness (QED) is 0.849. The van der Waals surface area contributed by atoms with E-state index in [2.05, 4.69) is 10.1 Å². The Morgan fingerprint density at radius 1 is 1.36 bits per heavy atom. The molecule has 4 rings (SSSR count). The second-order valence-electron chi connectivity index (χ2n) is 5.45. The van der Waals surface area contributed by atoms with E-state index in [1.54, 1.807) is 4.68 Å². The molecule has 114 valence electrons. The van der Waals surface area contributed by atoms with Gasteiger partial charge in [0, 0.05) is 5.92 Å².